The molecule has 0 saturated heterocycles. The molecule has 1 heterocycles. The van der Waals surface area contributed by atoms with E-state index in [-0.39, 0.29) is 17.9 Å². The maximum absolute atomic E-state index is 13.1. The average molecular weight is 359 g/mol. The van der Waals surface area contributed by atoms with Gasteiger partial charge in [0.15, 0.2) is 12.4 Å². The molecule has 0 radical (unpaired) electrons. The molecule has 2 aromatic rings. The zero-order valence-electron chi connectivity index (χ0n) is 13.0. The number of carbonyl (C=O) groups is 3. The maximum atomic E-state index is 13.1. The second-order valence-corrected chi connectivity index (χ2v) is 6.63. The van der Waals surface area contributed by atoms with E-state index in [4.69, 9.17) is 4.74 Å². The quantitative estimate of drug-likeness (QED) is 0.656. The average Bonchev–Trinajstić information content (AvgIpc) is 2.60. The van der Waals surface area contributed by atoms with Gasteiger partial charge >= 0.3 is 5.97 Å². The van der Waals surface area contributed by atoms with Gasteiger partial charge in [-0.15, -0.1) is 11.8 Å². The number of hydrogen-bond donors (Lipinski definition) is 1. The third-order valence-corrected chi connectivity index (χ3v) is 4.84. The lowest BCUT2D eigenvalue weighted by atomic mass is 10.1. The Morgan fingerprint density at radius 1 is 1.16 bits per heavy atom. The van der Waals surface area contributed by atoms with Crippen molar-refractivity contribution in [1.82, 2.24) is 0 Å². The minimum absolute atomic E-state index is 0.131. The standard InChI is InChI=1S/C18H14FNO4S/c19-12-5-3-4-11(8-12)14(21)10-24-17(22)9-16-18(23)20-13-6-1-2-7-15(13)25-16/h1-8,16H,9-10H2,(H,20,23)/t16-/m1/s1. The van der Waals surface area contributed by atoms with Crippen LogP contribution in [0.1, 0.15) is 16.8 Å². The van der Waals surface area contributed by atoms with Gasteiger partial charge in [-0.1, -0.05) is 24.3 Å². The SMILES string of the molecule is O=C(C[C@H]1Sc2ccccc2NC1=O)OCC(=O)c1cccc(F)c1. The van der Waals surface area contributed by atoms with Gasteiger partial charge < -0.3 is 10.1 Å². The van der Waals surface area contributed by atoms with Crippen molar-refractivity contribution in [1.29, 1.82) is 0 Å². The highest BCUT2D eigenvalue weighted by molar-refractivity contribution is 8.01. The first-order valence-corrected chi connectivity index (χ1v) is 8.42. The number of ketones is 1. The lowest BCUT2D eigenvalue weighted by Gasteiger charge is -2.23. The first kappa shape index (κ1) is 17.2. The molecule has 0 unspecified atom stereocenters. The van der Waals surface area contributed by atoms with Crippen molar-refractivity contribution in [2.75, 3.05) is 11.9 Å². The molecule has 0 spiro atoms. The summed E-state index contributed by atoms with van der Waals surface area (Å²) in [4.78, 5) is 36.7. The molecule has 0 bridgehead atoms. The first-order valence-electron chi connectivity index (χ1n) is 7.54. The summed E-state index contributed by atoms with van der Waals surface area (Å²) in [6.45, 7) is -0.488. The molecule has 0 fully saturated rings. The van der Waals surface area contributed by atoms with E-state index in [1.54, 1.807) is 6.07 Å². The zero-order valence-corrected chi connectivity index (χ0v) is 13.8. The van der Waals surface area contributed by atoms with Crippen molar-refractivity contribution < 1.29 is 23.5 Å². The summed E-state index contributed by atoms with van der Waals surface area (Å²) < 4.78 is 18.0. The molecule has 7 heteroatoms. The summed E-state index contributed by atoms with van der Waals surface area (Å²) in [6, 6.07) is 12.4. The van der Waals surface area contributed by atoms with Crippen molar-refractivity contribution in [3.05, 3.63) is 59.9 Å². The number of anilines is 1. The number of carbonyl (C=O) groups excluding carboxylic acids is 3. The van der Waals surface area contributed by atoms with Crippen molar-refractivity contribution >= 4 is 35.1 Å². The lowest BCUT2D eigenvalue weighted by Crippen LogP contribution is -2.31. The first-order chi connectivity index (χ1) is 12.0. The second-order valence-electron chi connectivity index (χ2n) is 5.39. The van der Waals surface area contributed by atoms with Crippen molar-refractivity contribution in [3.63, 3.8) is 0 Å². The Labute approximate surface area is 147 Å². The smallest absolute Gasteiger partial charge is 0.307 e. The molecule has 128 valence electrons. The Bertz CT molecular complexity index is 839. The van der Waals surface area contributed by atoms with Gasteiger partial charge in [0.25, 0.3) is 0 Å². The lowest BCUT2D eigenvalue weighted by molar-refractivity contribution is -0.143. The molecular formula is C18H14FNO4S. The van der Waals surface area contributed by atoms with Gasteiger partial charge in [0.2, 0.25) is 5.91 Å². The Morgan fingerprint density at radius 2 is 1.96 bits per heavy atom. The summed E-state index contributed by atoms with van der Waals surface area (Å²) >= 11 is 1.28. The molecule has 0 aromatic heterocycles. The number of rotatable bonds is 5. The van der Waals surface area contributed by atoms with Crippen LogP contribution in [0.15, 0.2) is 53.4 Å². The molecular weight excluding hydrogens is 345 g/mol. The number of amides is 1. The highest BCUT2D eigenvalue weighted by atomic mass is 32.2. The Hall–Kier alpha value is -2.67. The van der Waals surface area contributed by atoms with Crippen molar-refractivity contribution in [3.8, 4) is 0 Å². The van der Waals surface area contributed by atoms with Crippen LogP contribution < -0.4 is 5.32 Å². The van der Waals surface area contributed by atoms with Crippen LogP contribution in [-0.4, -0.2) is 29.5 Å². The fourth-order valence-electron chi connectivity index (χ4n) is 2.33. The zero-order chi connectivity index (χ0) is 17.8. The summed E-state index contributed by atoms with van der Waals surface area (Å²) in [5.74, 6) is -1.97. The highest BCUT2D eigenvalue weighted by Gasteiger charge is 2.29. The van der Waals surface area contributed by atoms with E-state index in [0.29, 0.717) is 5.69 Å². The van der Waals surface area contributed by atoms with E-state index in [0.717, 1.165) is 11.0 Å². The number of esters is 1. The molecule has 2 aromatic carbocycles. The van der Waals surface area contributed by atoms with Gasteiger partial charge in [-0.3, -0.25) is 14.4 Å². The van der Waals surface area contributed by atoms with Crippen LogP contribution >= 0.6 is 11.8 Å². The fraction of sp³-hybridized carbons (Fsp3) is 0.167. The van der Waals surface area contributed by atoms with Gasteiger partial charge in [0, 0.05) is 10.5 Å². The minimum Gasteiger partial charge on any atom is -0.457 e. The number of thioether (sulfide) groups is 1. The number of benzene rings is 2. The number of Topliss-reactive ketones (excluding diaryl/α,β-unsaturated/α-hetero) is 1. The van der Waals surface area contributed by atoms with Crippen LogP contribution in [0.3, 0.4) is 0 Å². The Kier molecular flexibility index (Phi) is 5.14. The number of ether oxygens (including phenoxy) is 1. The largest absolute Gasteiger partial charge is 0.457 e. The topological polar surface area (TPSA) is 72.5 Å². The van der Waals surface area contributed by atoms with Crippen LogP contribution in [0.5, 0.6) is 0 Å². The van der Waals surface area contributed by atoms with Gasteiger partial charge in [0.1, 0.15) is 5.82 Å². The third kappa shape index (κ3) is 4.24. The summed E-state index contributed by atoms with van der Waals surface area (Å²) in [5, 5.41) is 2.12. The van der Waals surface area contributed by atoms with Crippen molar-refractivity contribution in [2.45, 2.75) is 16.6 Å². The summed E-state index contributed by atoms with van der Waals surface area (Å²) in [6.07, 6.45) is -0.152. The van der Waals surface area contributed by atoms with Crippen molar-refractivity contribution in [2.24, 2.45) is 0 Å². The predicted molar refractivity (Wildman–Crippen MR) is 91.0 cm³/mol. The van der Waals surface area contributed by atoms with Crippen LogP contribution in [-0.2, 0) is 14.3 Å². The third-order valence-electron chi connectivity index (χ3n) is 3.57. The van der Waals surface area contributed by atoms with E-state index in [2.05, 4.69) is 5.32 Å². The molecule has 1 atom stereocenters. The molecule has 1 aliphatic rings. The van der Waals surface area contributed by atoms with Gasteiger partial charge in [-0.2, -0.15) is 0 Å². The predicted octanol–water partition coefficient (Wildman–Crippen LogP) is 3.05. The molecule has 0 saturated carbocycles. The number of hydrogen-bond acceptors (Lipinski definition) is 5. The second kappa shape index (κ2) is 7.48. The summed E-state index contributed by atoms with van der Waals surface area (Å²) in [7, 11) is 0. The summed E-state index contributed by atoms with van der Waals surface area (Å²) in [5.41, 5.74) is 0.843. The molecule has 25 heavy (non-hydrogen) atoms. The van der Waals surface area contributed by atoms with Crippen LogP contribution in [0.25, 0.3) is 0 Å². The number of nitrogens with one attached hydrogen (secondary N) is 1. The van der Waals surface area contributed by atoms with E-state index >= 15 is 0 Å². The van der Waals surface area contributed by atoms with Gasteiger partial charge in [-0.25, -0.2) is 4.39 Å². The molecule has 0 aliphatic carbocycles. The number of halogens is 1. The van der Waals surface area contributed by atoms with Gasteiger partial charge in [0.05, 0.1) is 17.4 Å². The van der Waals surface area contributed by atoms with Crippen LogP contribution in [0, 0.1) is 5.82 Å². The monoisotopic (exact) mass is 359 g/mol. The molecule has 3 rings (SSSR count). The fourth-order valence-corrected chi connectivity index (χ4v) is 3.42. The van der Waals surface area contributed by atoms with Gasteiger partial charge in [-0.05, 0) is 24.3 Å². The minimum atomic E-state index is -0.656. The molecule has 1 N–H and O–H groups in total. The Morgan fingerprint density at radius 3 is 2.76 bits per heavy atom. The number of para-hydroxylation sites is 1. The number of fused-ring (bicyclic) bond motifs is 1. The van der Waals surface area contributed by atoms with E-state index in [1.807, 2.05) is 18.2 Å². The maximum Gasteiger partial charge on any atom is 0.307 e. The normalized spacial score (nSPS) is 15.9. The molecule has 5 nitrogen and oxygen atoms in total. The van der Waals surface area contributed by atoms with E-state index < -0.39 is 29.4 Å². The highest BCUT2D eigenvalue weighted by Crippen LogP contribution is 2.36. The molecule has 1 amide bonds. The van der Waals surface area contributed by atoms with E-state index in [9.17, 15) is 18.8 Å². The molecule has 1 aliphatic heterocycles. The Balaban J connectivity index is 1.54. The van der Waals surface area contributed by atoms with Crippen LogP contribution in [0.4, 0.5) is 10.1 Å². The van der Waals surface area contributed by atoms with Crippen LogP contribution in [0.2, 0.25) is 0 Å². The van der Waals surface area contributed by atoms with E-state index in [1.165, 1.54) is 30.0 Å².